The van der Waals surface area contributed by atoms with Crippen molar-refractivity contribution in [3.8, 4) is 0 Å². The maximum Gasteiger partial charge on any atom is 0.0519 e. The van der Waals surface area contributed by atoms with Crippen LogP contribution in [0.5, 0.6) is 0 Å². The van der Waals surface area contributed by atoms with Gasteiger partial charge in [0.05, 0.1) is 5.02 Å². The Morgan fingerprint density at radius 1 is 1.69 bits per heavy atom. The van der Waals surface area contributed by atoms with Crippen molar-refractivity contribution in [2.75, 3.05) is 6.54 Å². The molecule has 0 amide bonds. The van der Waals surface area contributed by atoms with Gasteiger partial charge in [0, 0.05) is 16.3 Å². The van der Waals surface area contributed by atoms with Crippen molar-refractivity contribution in [3.05, 3.63) is 27.4 Å². The summed E-state index contributed by atoms with van der Waals surface area (Å²) in [5.41, 5.74) is 0. The molecule has 3 heteroatoms. The van der Waals surface area contributed by atoms with Gasteiger partial charge in [0.15, 0.2) is 0 Å². The van der Waals surface area contributed by atoms with E-state index in [0.717, 1.165) is 11.6 Å². The Kier molecular flexibility index (Phi) is 4.50. The number of hydrogen-bond donors (Lipinski definition) is 1. The third kappa shape index (κ3) is 3.94. The second-order valence-electron chi connectivity index (χ2n) is 2.87. The van der Waals surface area contributed by atoms with Crippen molar-refractivity contribution < 1.29 is 0 Å². The minimum absolute atomic E-state index is 0.422. The number of hydrogen-bond acceptors (Lipinski definition) is 2. The molecule has 0 fully saturated rings. The molecule has 1 heterocycles. The van der Waals surface area contributed by atoms with Crippen LogP contribution in [-0.4, -0.2) is 12.6 Å². The largest absolute Gasteiger partial charge is 0.311 e. The van der Waals surface area contributed by atoms with Crippen LogP contribution in [0.2, 0.25) is 5.02 Å². The Bertz CT molecular complexity index is 280. The van der Waals surface area contributed by atoms with E-state index in [1.54, 1.807) is 11.3 Å². The first-order chi connectivity index (χ1) is 6.22. The molecule has 0 aliphatic heterocycles. The summed E-state index contributed by atoms with van der Waals surface area (Å²) in [5.74, 6) is 0. The predicted octanol–water partition coefficient (Wildman–Crippen LogP) is 3.41. The normalized spacial score (nSPS) is 13.8. The Hall–Kier alpha value is -0.310. The van der Waals surface area contributed by atoms with Crippen LogP contribution >= 0.6 is 22.9 Å². The van der Waals surface area contributed by atoms with Crippen molar-refractivity contribution in [2.24, 2.45) is 0 Å². The zero-order valence-electron chi connectivity index (χ0n) is 7.88. The summed E-state index contributed by atoms with van der Waals surface area (Å²) in [6.45, 7) is 5.23. The van der Waals surface area contributed by atoms with Gasteiger partial charge in [0.1, 0.15) is 0 Å². The molecule has 13 heavy (non-hydrogen) atoms. The Morgan fingerprint density at radius 3 is 3.00 bits per heavy atom. The van der Waals surface area contributed by atoms with Gasteiger partial charge >= 0.3 is 0 Å². The molecule has 0 aromatic carbocycles. The van der Waals surface area contributed by atoms with Crippen molar-refractivity contribution in [1.82, 2.24) is 5.32 Å². The molecule has 1 atom stereocenters. The van der Waals surface area contributed by atoms with E-state index in [-0.39, 0.29) is 0 Å². The first-order valence-corrected chi connectivity index (χ1v) is 5.63. The molecule has 0 bridgehead atoms. The highest BCUT2D eigenvalue weighted by Gasteiger charge is 1.95. The highest BCUT2D eigenvalue weighted by molar-refractivity contribution is 7.11. The molecular weight excluding hydrogens is 202 g/mol. The lowest BCUT2D eigenvalue weighted by molar-refractivity contribution is 0.663. The van der Waals surface area contributed by atoms with Gasteiger partial charge in [-0.15, -0.1) is 11.3 Å². The van der Waals surface area contributed by atoms with Crippen LogP contribution in [0.15, 0.2) is 17.5 Å². The van der Waals surface area contributed by atoms with Crippen LogP contribution in [-0.2, 0) is 0 Å². The average Bonchev–Trinajstić information content (AvgIpc) is 2.49. The fourth-order valence-electron chi connectivity index (χ4n) is 1.04. The third-order valence-corrected chi connectivity index (χ3v) is 2.91. The van der Waals surface area contributed by atoms with Gasteiger partial charge in [-0.3, -0.25) is 0 Å². The van der Waals surface area contributed by atoms with Crippen LogP contribution in [0.1, 0.15) is 18.7 Å². The topological polar surface area (TPSA) is 12.0 Å². The zero-order valence-corrected chi connectivity index (χ0v) is 9.45. The fraction of sp³-hybridized carbons (Fsp3) is 0.400. The summed E-state index contributed by atoms with van der Waals surface area (Å²) in [4.78, 5) is 1.20. The zero-order chi connectivity index (χ0) is 9.68. The molecule has 0 spiro atoms. The SMILES string of the molecule is CCNC(C)/C=C/c1cc(Cl)cs1. The quantitative estimate of drug-likeness (QED) is 0.812. The van der Waals surface area contributed by atoms with Crippen LogP contribution in [0, 0.1) is 0 Å². The van der Waals surface area contributed by atoms with Gasteiger partial charge in [-0.2, -0.15) is 0 Å². The summed E-state index contributed by atoms with van der Waals surface area (Å²) in [6, 6.07) is 2.40. The molecule has 1 N–H and O–H groups in total. The van der Waals surface area contributed by atoms with Crippen LogP contribution in [0.25, 0.3) is 6.08 Å². The molecule has 0 saturated heterocycles. The number of thiophene rings is 1. The highest BCUT2D eigenvalue weighted by atomic mass is 35.5. The lowest BCUT2D eigenvalue weighted by atomic mass is 10.3. The Balaban J connectivity index is 2.48. The van der Waals surface area contributed by atoms with Crippen LogP contribution < -0.4 is 5.32 Å². The highest BCUT2D eigenvalue weighted by Crippen LogP contribution is 2.20. The molecule has 1 aromatic rings. The van der Waals surface area contributed by atoms with Crippen LogP contribution in [0.3, 0.4) is 0 Å². The van der Waals surface area contributed by atoms with Gasteiger partial charge in [0.2, 0.25) is 0 Å². The van der Waals surface area contributed by atoms with E-state index in [4.69, 9.17) is 11.6 Å². The summed E-state index contributed by atoms with van der Waals surface area (Å²) >= 11 is 7.46. The second kappa shape index (κ2) is 5.43. The van der Waals surface area contributed by atoms with E-state index in [1.165, 1.54) is 4.88 Å². The first kappa shape index (κ1) is 10.8. The van der Waals surface area contributed by atoms with Gasteiger partial charge in [-0.05, 0) is 25.6 Å². The van der Waals surface area contributed by atoms with E-state index >= 15 is 0 Å². The predicted molar refractivity (Wildman–Crippen MR) is 61.5 cm³/mol. The Morgan fingerprint density at radius 2 is 2.46 bits per heavy atom. The lowest BCUT2D eigenvalue weighted by Crippen LogP contribution is -2.22. The summed E-state index contributed by atoms with van der Waals surface area (Å²) in [6.07, 6.45) is 4.25. The second-order valence-corrected chi connectivity index (χ2v) is 4.25. The molecule has 1 unspecified atom stereocenters. The maximum atomic E-state index is 5.80. The van der Waals surface area contributed by atoms with Crippen molar-refractivity contribution in [1.29, 1.82) is 0 Å². The van der Waals surface area contributed by atoms with E-state index in [2.05, 4.69) is 31.3 Å². The lowest BCUT2D eigenvalue weighted by Gasteiger charge is -2.04. The first-order valence-electron chi connectivity index (χ1n) is 4.38. The molecule has 0 aliphatic carbocycles. The fourth-order valence-corrected chi connectivity index (χ4v) is 2.03. The summed E-state index contributed by atoms with van der Waals surface area (Å²) < 4.78 is 0. The van der Waals surface area contributed by atoms with Crippen molar-refractivity contribution in [2.45, 2.75) is 19.9 Å². The molecule has 0 saturated carbocycles. The molecular formula is C10H14ClNS. The van der Waals surface area contributed by atoms with Gasteiger partial charge in [-0.1, -0.05) is 24.6 Å². The smallest absolute Gasteiger partial charge is 0.0519 e. The monoisotopic (exact) mass is 215 g/mol. The van der Waals surface area contributed by atoms with E-state index < -0.39 is 0 Å². The number of rotatable bonds is 4. The maximum absolute atomic E-state index is 5.80. The summed E-state index contributed by atoms with van der Waals surface area (Å²) in [5, 5.41) is 6.07. The van der Waals surface area contributed by atoms with E-state index in [0.29, 0.717) is 6.04 Å². The number of nitrogens with one attached hydrogen (secondary N) is 1. The molecule has 1 aromatic heterocycles. The number of likely N-dealkylation sites (N-methyl/N-ethyl adjacent to an activating group) is 1. The molecule has 1 nitrogen and oxygen atoms in total. The standard InChI is InChI=1S/C10H14ClNS/c1-3-12-8(2)4-5-10-6-9(11)7-13-10/h4-8,12H,3H2,1-2H3/b5-4+. The molecule has 72 valence electrons. The Labute approximate surface area is 88.4 Å². The minimum atomic E-state index is 0.422. The van der Waals surface area contributed by atoms with Crippen LogP contribution in [0.4, 0.5) is 0 Å². The van der Waals surface area contributed by atoms with E-state index in [9.17, 15) is 0 Å². The van der Waals surface area contributed by atoms with Gasteiger partial charge in [0.25, 0.3) is 0 Å². The molecule has 0 radical (unpaired) electrons. The minimum Gasteiger partial charge on any atom is -0.311 e. The summed E-state index contributed by atoms with van der Waals surface area (Å²) in [7, 11) is 0. The van der Waals surface area contributed by atoms with E-state index in [1.807, 2.05) is 11.4 Å². The van der Waals surface area contributed by atoms with Crippen molar-refractivity contribution >= 4 is 29.0 Å². The van der Waals surface area contributed by atoms with Gasteiger partial charge < -0.3 is 5.32 Å². The van der Waals surface area contributed by atoms with Crippen molar-refractivity contribution in [3.63, 3.8) is 0 Å². The number of halogens is 1. The third-order valence-electron chi connectivity index (χ3n) is 1.66. The molecule has 0 aliphatic rings. The average molecular weight is 216 g/mol. The van der Waals surface area contributed by atoms with Gasteiger partial charge in [-0.25, -0.2) is 0 Å². The molecule has 1 rings (SSSR count).